The molecule has 0 aromatic heterocycles. The minimum atomic E-state index is -1.53. The molecule has 7 heteroatoms. The van der Waals surface area contributed by atoms with Gasteiger partial charge in [-0.1, -0.05) is 121 Å². The predicted molar refractivity (Wildman–Crippen MR) is 149 cm³/mol. The number of hydrogen-bond acceptors (Lipinski definition) is 6. The van der Waals surface area contributed by atoms with Crippen LogP contribution in [0.2, 0.25) is 0 Å². The Labute approximate surface area is 233 Å². The minimum absolute atomic E-state index is 0.456. The van der Waals surface area contributed by atoms with Crippen molar-refractivity contribution < 1.29 is 23.8 Å². The van der Waals surface area contributed by atoms with Gasteiger partial charge in [0.25, 0.3) is 0 Å². The molecule has 3 unspecified atom stereocenters. The van der Waals surface area contributed by atoms with Crippen LogP contribution in [0.3, 0.4) is 0 Å². The van der Waals surface area contributed by atoms with Gasteiger partial charge in [-0.3, -0.25) is 9.69 Å². The third-order valence-electron chi connectivity index (χ3n) is 7.83. The molecule has 2 saturated heterocycles. The average Bonchev–Trinajstić information content (AvgIpc) is 3.25. The Hall–Kier alpha value is -4.46. The molecule has 4 aromatic rings. The summed E-state index contributed by atoms with van der Waals surface area (Å²) in [5.41, 5.74) is 3.63. The zero-order valence-electron chi connectivity index (χ0n) is 22.3. The maximum atomic E-state index is 13.9. The summed E-state index contributed by atoms with van der Waals surface area (Å²) < 4.78 is 17.6. The van der Waals surface area contributed by atoms with Crippen LogP contribution in [0.5, 0.6) is 0 Å². The molecule has 40 heavy (non-hydrogen) atoms. The summed E-state index contributed by atoms with van der Waals surface area (Å²) in [6.07, 6.45) is -0.569. The topological polar surface area (TPSA) is 68.3 Å². The minimum Gasteiger partial charge on any atom is -0.468 e. The first kappa shape index (κ1) is 25.8. The number of benzene rings is 4. The number of methoxy groups -OCH3 is 2. The van der Waals surface area contributed by atoms with Crippen LogP contribution in [0, 0.1) is 0 Å². The SMILES string of the molecule is COC(=O)C1C2N(C(c3ccccc3)c3ccccc3)C(=O)OC2(OC)N1C(c1ccccc1)c1ccccc1. The number of amides is 1. The van der Waals surface area contributed by atoms with Gasteiger partial charge in [-0.05, 0) is 22.3 Å². The Morgan fingerprint density at radius 2 is 1.10 bits per heavy atom. The molecule has 2 aliphatic heterocycles. The van der Waals surface area contributed by atoms with E-state index in [1.807, 2.05) is 126 Å². The van der Waals surface area contributed by atoms with Gasteiger partial charge in [-0.25, -0.2) is 9.69 Å². The lowest BCUT2D eigenvalue weighted by atomic mass is 9.82. The van der Waals surface area contributed by atoms with Crippen molar-refractivity contribution >= 4 is 12.1 Å². The van der Waals surface area contributed by atoms with E-state index in [9.17, 15) is 9.59 Å². The van der Waals surface area contributed by atoms with Crippen LogP contribution in [-0.2, 0) is 19.0 Å². The van der Waals surface area contributed by atoms with Gasteiger partial charge in [0.2, 0.25) is 0 Å². The van der Waals surface area contributed by atoms with Gasteiger partial charge in [0.1, 0.15) is 12.1 Å². The first-order valence-electron chi connectivity index (χ1n) is 13.2. The van der Waals surface area contributed by atoms with E-state index in [1.165, 1.54) is 14.2 Å². The van der Waals surface area contributed by atoms with Crippen LogP contribution in [0.1, 0.15) is 34.3 Å². The fourth-order valence-electron chi connectivity index (χ4n) is 6.15. The van der Waals surface area contributed by atoms with Crippen LogP contribution in [0.25, 0.3) is 0 Å². The van der Waals surface area contributed by atoms with Crippen molar-refractivity contribution in [1.82, 2.24) is 9.80 Å². The smallest absolute Gasteiger partial charge is 0.414 e. The summed E-state index contributed by atoms with van der Waals surface area (Å²) in [7, 11) is 2.87. The Bertz CT molecular complexity index is 1390. The van der Waals surface area contributed by atoms with E-state index in [2.05, 4.69) is 0 Å². The Morgan fingerprint density at radius 3 is 1.48 bits per heavy atom. The van der Waals surface area contributed by atoms with Gasteiger partial charge >= 0.3 is 18.0 Å². The molecule has 1 amide bonds. The number of hydrogen-bond donors (Lipinski definition) is 0. The largest absolute Gasteiger partial charge is 0.468 e. The van der Waals surface area contributed by atoms with Crippen LogP contribution in [0.4, 0.5) is 4.79 Å². The molecule has 0 aliphatic carbocycles. The number of rotatable bonds is 8. The molecule has 0 saturated carbocycles. The Kier molecular flexibility index (Phi) is 6.84. The van der Waals surface area contributed by atoms with Gasteiger partial charge in [-0.2, -0.15) is 0 Å². The zero-order valence-corrected chi connectivity index (χ0v) is 22.3. The quantitative estimate of drug-likeness (QED) is 0.277. The second kappa shape index (κ2) is 10.6. The van der Waals surface area contributed by atoms with Crippen molar-refractivity contribution in [2.75, 3.05) is 14.2 Å². The molecule has 202 valence electrons. The molecule has 0 spiro atoms. The van der Waals surface area contributed by atoms with Gasteiger partial charge in [-0.15, -0.1) is 0 Å². The number of carbonyl (C=O) groups excluding carboxylic acids is 2. The number of carbonyl (C=O) groups is 2. The first-order chi connectivity index (χ1) is 19.6. The molecule has 0 bridgehead atoms. The highest BCUT2D eigenvalue weighted by Gasteiger charge is 2.77. The Morgan fingerprint density at radius 1 is 0.700 bits per heavy atom. The second-order valence-corrected chi connectivity index (χ2v) is 9.88. The molecular weight excluding hydrogens is 504 g/mol. The molecule has 2 heterocycles. The van der Waals surface area contributed by atoms with E-state index in [0.717, 1.165) is 22.3 Å². The highest BCUT2D eigenvalue weighted by atomic mass is 16.8. The molecule has 2 aliphatic rings. The lowest BCUT2D eigenvalue weighted by Gasteiger charge is -2.59. The average molecular weight is 535 g/mol. The Balaban J connectivity index is 1.52. The standard InChI is InChI=1S/C33H30N2O5/c1-38-31(36)29-30-33(39-2,35(29)28(25-19-11-5-12-20-25)26-21-13-6-14-22-26)40-32(37)34(30)27(23-15-7-3-8-16-23)24-17-9-4-10-18-24/h3-22,27-30H,1-2H3. The number of ether oxygens (including phenoxy) is 3. The van der Waals surface area contributed by atoms with E-state index in [0.29, 0.717) is 0 Å². The number of fused-ring (bicyclic) bond motifs is 1. The highest BCUT2D eigenvalue weighted by Crippen LogP contribution is 2.55. The van der Waals surface area contributed by atoms with Crippen molar-refractivity contribution in [2.45, 2.75) is 30.1 Å². The van der Waals surface area contributed by atoms with E-state index in [1.54, 1.807) is 4.90 Å². The van der Waals surface area contributed by atoms with E-state index < -0.39 is 42.1 Å². The molecule has 3 atom stereocenters. The fraction of sp³-hybridized carbons (Fsp3) is 0.212. The number of nitrogens with zero attached hydrogens (tertiary/aromatic N) is 2. The van der Waals surface area contributed by atoms with Crippen LogP contribution in [-0.4, -0.2) is 54.1 Å². The normalized spacial score (nSPS) is 22.1. The third kappa shape index (κ3) is 4.06. The molecule has 2 fully saturated rings. The summed E-state index contributed by atoms with van der Waals surface area (Å²) in [5, 5.41) is 0. The van der Waals surface area contributed by atoms with Crippen LogP contribution < -0.4 is 0 Å². The second-order valence-electron chi connectivity index (χ2n) is 9.88. The van der Waals surface area contributed by atoms with Gasteiger partial charge in [0.05, 0.1) is 19.2 Å². The molecule has 7 nitrogen and oxygen atoms in total. The number of likely N-dealkylation sites (tertiary alicyclic amines) is 1. The van der Waals surface area contributed by atoms with E-state index in [4.69, 9.17) is 14.2 Å². The van der Waals surface area contributed by atoms with Crippen molar-refractivity contribution in [1.29, 1.82) is 0 Å². The predicted octanol–water partition coefficient (Wildman–Crippen LogP) is 5.54. The maximum Gasteiger partial charge on any atom is 0.414 e. The summed E-state index contributed by atoms with van der Waals surface area (Å²) in [5.74, 6) is -2.01. The molecular formula is C33H30N2O5. The van der Waals surface area contributed by atoms with Crippen LogP contribution >= 0.6 is 0 Å². The van der Waals surface area contributed by atoms with Crippen molar-refractivity contribution in [2.24, 2.45) is 0 Å². The maximum absolute atomic E-state index is 13.9. The van der Waals surface area contributed by atoms with Crippen molar-refractivity contribution in [3.63, 3.8) is 0 Å². The van der Waals surface area contributed by atoms with E-state index >= 15 is 0 Å². The van der Waals surface area contributed by atoms with Gasteiger partial charge in [0, 0.05) is 7.11 Å². The summed E-state index contributed by atoms with van der Waals surface area (Å²) in [4.78, 5) is 31.0. The lowest BCUT2D eigenvalue weighted by molar-refractivity contribution is -0.357. The van der Waals surface area contributed by atoms with Gasteiger partial charge < -0.3 is 14.2 Å². The van der Waals surface area contributed by atoms with Crippen molar-refractivity contribution in [3.8, 4) is 0 Å². The number of esters is 1. The van der Waals surface area contributed by atoms with Crippen LogP contribution in [0.15, 0.2) is 121 Å². The summed E-state index contributed by atoms with van der Waals surface area (Å²) in [6, 6.07) is 36.5. The van der Waals surface area contributed by atoms with Gasteiger partial charge in [0.15, 0.2) is 0 Å². The lowest BCUT2D eigenvalue weighted by Crippen LogP contribution is -2.81. The third-order valence-corrected chi connectivity index (χ3v) is 7.83. The molecule has 6 rings (SSSR count). The summed E-state index contributed by atoms with van der Waals surface area (Å²) in [6.45, 7) is 0. The summed E-state index contributed by atoms with van der Waals surface area (Å²) >= 11 is 0. The van der Waals surface area contributed by atoms with E-state index in [-0.39, 0.29) is 0 Å². The van der Waals surface area contributed by atoms with Crippen molar-refractivity contribution in [3.05, 3.63) is 144 Å². The molecule has 4 aromatic carbocycles. The fourth-order valence-corrected chi connectivity index (χ4v) is 6.15. The first-order valence-corrected chi connectivity index (χ1v) is 13.2. The zero-order chi connectivity index (χ0) is 27.7. The molecule has 0 radical (unpaired) electrons. The monoisotopic (exact) mass is 534 g/mol. The molecule has 0 N–H and O–H groups in total. The highest BCUT2D eigenvalue weighted by molar-refractivity contribution is 5.83.